The van der Waals surface area contributed by atoms with Crippen LogP contribution in [0.4, 0.5) is 0 Å². The number of imide groups is 1. The van der Waals surface area contributed by atoms with Gasteiger partial charge in [-0.25, -0.2) is 17.9 Å². The van der Waals surface area contributed by atoms with Gasteiger partial charge in [0.05, 0.1) is 28.1 Å². The fourth-order valence-corrected chi connectivity index (χ4v) is 4.64. The molecule has 164 valence electrons. The van der Waals surface area contributed by atoms with E-state index < -0.39 is 33.3 Å². The quantitative estimate of drug-likeness (QED) is 0.542. The number of nitrogens with one attached hydrogen (secondary N) is 1. The van der Waals surface area contributed by atoms with E-state index in [0.717, 1.165) is 4.90 Å². The molecule has 0 fully saturated rings. The van der Waals surface area contributed by atoms with Gasteiger partial charge in [0.2, 0.25) is 10.0 Å². The SMILES string of the molecule is Cc1ccc(S(=O)(=O)NC(C)(C)C)cc1C(=O)OCCN1C(=O)c2ccccc2C1=O. The minimum Gasteiger partial charge on any atom is -0.460 e. The molecule has 0 saturated carbocycles. The fraction of sp³-hybridized carbons (Fsp3) is 0.318. The summed E-state index contributed by atoms with van der Waals surface area (Å²) in [5.41, 5.74) is 0.592. The van der Waals surface area contributed by atoms with E-state index in [2.05, 4.69) is 4.72 Å². The van der Waals surface area contributed by atoms with Crippen molar-refractivity contribution in [3.05, 3.63) is 64.7 Å². The van der Waals surface area contributed by atoms with Gasteiger partial charge < -0.3 is 4.74 Å². The molecule has 0 aliphatic carbocycles. The van der Waals surface area contributed by atoms with Crippen LogP contribution in [0.25, 0.3) is 0 Å². The minimum atomic E-state index is -3.82. The summed E-state index contributed by atoms with van der Waals surface area (Å²) < 4.78 is 32.9. The van der Waals surface area contributed by atoms with Gasteiger partial charge in [-0.15, -0.1) is 0 Å². The largest absolute Gasteiger partial charge is 0.460 e. The number of carbonyl (C=O) groups excluding carboxylic acids is 3. The number of fused-ring (bicyclic) bond motifs is 1. The second-order valence-electron chi connectivity index (χ2n) is 8.28. The van der Waals surface area contributed by atoms with Crippen LogP contribution >= 0.6 is 0 Å². The Balaban J connectivity index is 1.69. The summed E-state index contributed by atoms with van der Waals surface area (Å²) in [6.45, 7) is 6.50. The first-order chi connectivity index (χ1) is 14.4. The predicted molar refractivity (Wildman–Crippen MR) is 113 cm³/mol. The molecule has 0 aromatic heterocycles. The van der Waals surface area contributed by atoms with Crippen LogP contribution in [0.1, 0.15) is 57.4 Å². The predicted octanol–water partition coefficient (Wildman–Crippen LogP) is 2.52. The number of carbonyl (C=O) groups is 3. The molecule has 0 radical (unpaired) electrons. The molecule has 0 atom stereocenters. The molecular weight excluding hydrogens is 420 g/mol. The van der Waals surface area contributed by atoms with E-state index in [4.69, 9.17) is 4.74 Å². The normalized spacial score (nSPS) is 14.0. The third kappa shape index (κ3) is 4.83. The zero-order valence-corrected chi connectivity index (χ0v) is 18.6. The average Bonchev–Trinajstić information content (AvgIpc) is 2.91. The Bertz CT molecular complexity index is 1130. The third-order valence-electron chi connectivity index (χ3n) is 4.61. The summed E-state index contributed by atoms with van der Waals surface area (Å²) in [6.07, 6.45) is 0. The van der Waals surface area contributed by atoms with Crippen molar-refractivity contribution in [2.24, 2.45) is 0 Å². The van der Waals surface area contributed by atoms with E-state index in [-0.39, 0.29) is 23.6 Å². The highest BCUT2D eigenvalue weighted by Gasteiger charge is 2.35. The number of sulfonamides is 1. The average molecular weight is 445 g/mol. The molecule has 1 aliphatic heterocycles. The van der Waals surface area contributed by atoms with Crippen LogP contribution in [0.2, 0.25) is 0 Å². The molecule has 2 aromatic rings. The number of ether oxygens (including phenoxy) is 1. The maximum atomic E-state index is 12.6. The molecule has 1 heterocycles. The summed E-state index contributed by atoms with van der Waals surface area (Å²) in [6, 6.07) is 10.7. The molecule has 2 amide bonds. The van der Waals surface area contributed by atoms with Gasteiger partial charge in [-0.3, -0.25) is 14.5 Å². The zero-order chi connectivity index (χ0) is 23.0. The number of amides is 2. The van der Waals surface area contributed by atoms with Crippen molar-refractivity contribution in [3.8, 4) is 0 Å². The highest BCUT2D eigenvalue weighted by Crippen LogP contribution is 2.22. The Morgan fingerprint density at radius 2 is 1.61 bits per heavy atom. The van der Waals surface area contributed by atoms with Crippen molar-refractivity contribution >= 4 is 27.8 Å². The second-order valence-corrected chi connectivity index (χ2v) is 9.96. The Morgan fingerprint density at radius 1 is 1.03 bits per heavy atom. The molecule has 1 N–H and O–H groups in total. The smallest absolute Gasteiger partial charge is 0.338 e. The second kappa shape index (κ2) is 8.24. The van der Waals surface area contributed by atoms with Crippen LogP contribution in [0.5, 0.6) is 0 Å². The fourth-order valence-electron chi connectivity index (χ4n) is 3.20. The van der Waals surface area contributed by atoms with E-state index >= 15 is 0 Å². The van der Waals surface area contributed by atoms with Crippen LogP contribution in [0.3, 0.4) is 0 Å². The lowest BCUT2D eigenvalue weighted by atomic mass is 10.1. The van der Waals surface area contributed by atoms with Crippen molar-refractivity contribution in [3.63, 3.8) is 0 Å². The summed E-state index contributed by atoms with van der Waals surface area (Å²) in [5, 5.41) is 0. The van der Waals surface area contributed by atoms with E-state index in [1.165, 1.54) is 18.2 Å². The first-order valence-corrected chi connectivity index (χ1v) is 11.2. The molecule has 31 heavy (non-hydrogen) atoms. The summed E-state index contributed by atoms with van der Waals surface area (Å²) in [5.74, 6) is -1.61. The molecule has 9 heteroatoms. The van der Waals surface area contributed by atoms with E-state index in [1.54, 1.807) is 52.0 Å². The Kier molecular flexibility index (Phi) is 6.02. The number of aryl methyl sites for hydroxylation is 1. The lowest BCUT2D eigenvalue weighted by Gasteiger charge is -2.20. The lowest BCUT2D eigenvalue weighted by Crippen LogP contribution is -2.40. The van der Waals surface area contributed by atoms with Crippen molar-refractivity contribution < 1.29 is 27.5 Å². The topological polar surface area (TPSA) is 110 Å². The summed E-state index contributed by atoms with van der Waals surface area (Å²) in [4.78, 5) is 38.3. The number of esters is 1. The molecule has 2 aromatic carbocycles. The standard InChI is InChI=1S/C22H24N2O6S/c1-14-9-10-15(31(28,29)23-22(2,3)4)13-18(14)21(27)30-12-11-24-19(25)16-7-5-6-8-17(16)20(24)26/h5-10,13,23H,11-12H2,1-4H3. The number of benzene rings is 2. The molecule has 3 rings (SSSR count). The molecule has 0 spiro atoms. The van der Waals surface area contributed by atoms with Gasteiger partial charge in [0, 0.05) is 5.54 Å². The Hall–Kier alpha value is -3.04. The minimum absolute atomic E-state index is 0.0553. The highest BCUT2D eigenvalue weighted by atomic mass is 32.2. The number of hydrogen-bond acceptors (Lipinski definition) is 6. The summed E-state index contributed by atoms with van der Waals surface area (Å²) >= 11 is 0. The molecule has 0 bridgehead atoms. The zero-order valence-electron chi connectivity index (χ0n) is 17.8. The first kappa shape index (κ1) is 22.6. The van der Waals surface area contributed by atoms with E-state index in [1.807, 2.05) is 0 Å². The van der Waals surface area contributed by atoms with Crippen LogP contribution in [0.15, 0.2) is 47.4 Å². The number of nitrogens with zero attached hydrogens (tertiary/aromatic N) is 1. The molecule has 0 unspecified atom stereocenters. The monoisotopic (exact) mass is 444 g/mol. The van der Waals surface area contributed by atoms with Crippen molar-refractivity contribution in [1.82, 2.24) is 9.62 Å². The first-order valence-electron chi connectivity index (χ1n) is 9.68. The van der Waals surface area contributed by atoms with Crippen LogP contribution in [0, 0.1) is 6.92 Å². The van der Waals surface area contributed by atoms with Crippen LogP contribution < -0.4 is 4.72 Å². The molecule has 1 aliphatic rings. The van der Waals surface area contributed by atoms with Crippen LogP contribution in [-0.4, -0.2) is 49.8 Å². The lowest BCUT2D eigenvalue weighted by molar-refractivity contribution is 0.0419. The van der Waals surface area contributed by atoms with Gasteiger partial charge in [-0.1, -0.05) is 18.2 Å². The van der Waals surface area contributed by atoms with Gasteiger partial charge in [0.25, 0.3) is 11.8 Å². The van der Waals surface area contributed by atoms with E-state index in [9.17, 15) is 22.8 Å². The van der Waals surface area contributed by atoms with Crippen molar-refractivity contribution in [2.45, 2.75) is 38.1 Å². The maximum absolute atomic E-state index is 12.6. The maximum Gasteiger partial charge on any atom is 0.338 e. The van der Waals surface area contributed by atoms with Gasteiger partial charge in [0.15, 0.2) is 0 Å². The van der Waals surface area contributed by atoms with Gasteiger partial charge in [0.1, 0.15) is 6.61 Å². The van der Waals surface area contributed by atoms with E-state index in [0.29, 0.717) is 16.7 Å². The molecular formula is C22H24N2O6S. The van der Waals surface area contributed by atoms with Gasteiger partial charge in [-0.05, 0) is 57.5 Å². The highest BCUT2D eigenvalue weighted by molar-refractivity contribution is 7.89. The third-order valence-corrected chi connectivity index (χ3v) is 6.36. The van der Waals surface area contributed by atoms with Crippen LogP contribution in [-0.2, 0) is 14.8 Å². The van der Waals surface area contributed by atoms with Gasteiger partial charge in [-0.2, -0.15) is 0 Å². The van der Waals surface area contributed by atoms with Gasteiger partial charge >= 0.3 is 5.97 Å². The van der Waals surface area contributed by atoms with Crippen molar-refractivity contribution in [1.29, 1.82) is 0 Å². The summed E-state index contributed by atoms with van der Waals surface area (Å²) in [7, 11) is -3.82. The Morgan fingerprint density at radius 3 is 2.16 bits per heavy atom. The molecule has 8 nitrogen and oxygen atoms in total. The molecule has 0 saturated heterocycles. The number of rotatable bonds is 6. The number of hydrogen-bond donors (Lipinski definition) is 1. The Labute approximate surface area is 181 Å². The van der Waals surface area contributed by atoms with Crippen molar-refractivity contribution in [2.75, 3.05) is 13.2 Å².